The fourth-order valence-electron chi connectivity index (χ4n) is 5.21. The molecule has 0 atom stereocenters. The first-order valence-electron chi connectivity index (χ1n) is 14.3. The summed E-state index contributed by atoms with van der Waals surface area (Å²) in [5, 5.41) is 16.9. The van der Waals surface area contributed by atoms with Crippen LogP contribution in [-0.2, 0) is 17.9 Å². The molecule has 0 saturated heterocycles. The van der Waals surface area contributed by atoms with E-state index in [1.54, 1.807) is 62.4 Å². The number of methoxy groups -OCH3 is 1. The maximum Gasteiger partial charge on any atom is 0.337 e. The Morgan fingerprint density at radius 1 is 1.04 bits per heavy atom. The van der Waals surface area contributed by atoms with E-state index in [-0.39, 0.29) is 6.61 Å². The number of aliphatic hydroxyl groups is 1. The van der Waals surface area contributed by atoms with E-state index in [0.29, 0.717) is 61.2 Å². The first-order valence-corrected chi connectivity index (χ1v) is 15.5. The number of halogens is 3. The second-order valence-electron chi connectivity index (χ2n) is 11.6. The van der Waals surface area contributed by atoms with E-state index in [2.05, 4.69) is 17.0 Å². The summed E-state index contributed by atoms with van der Waals surface area (Å²) in [4.78, 5) is 12.4. The van der Waals surface area contributed by atoms with Crippen LogP contribution in [0.5, 0.6) is 5.75 Å². The smallest absolute Gasteiger partial charge is 0.337 e. The lowest BCUT2D eigenvalue weighted by Gasteiger charge is -2.19. The third-order valence-corrected chi connectivity index (χ3v) is 8.43. The Labute approximate surface area is 275 Å². The lowest BCUT2D eigenvalue weighted by Crippen LogP contribution is -2.25. The van der Waals surface area contributed by atoms with E-state index in [9.17, 15) is 9.90 Å². The zero-order valence-electron chi connectivity index (χ0n) is 24.8. The summed E-state index contributed by atoms with van der Waals surface area (Å²) in [5.74, 6) is 7.45. The first kappa shape index (κ1) is 31.1. The zero-order chi connectivity index (χ0) is 31.9. The van der Waals surface area contributed by atoms with Crippen molar-refractivity contribution in [1.29, 1.82) is 0 Å². The van der Waals surface area contributed by atoms with Crippen molar-refractivity contribution in [3.8, 4) is 28.8 Å². The third kappa shape index (κ3) is 6.70. The number of carbonyl (C=O) groups excluding carboxylic acids is 1. The molecule has 0 radical (unpaired) electrons. The monoisotopic (exact) mass is 662 g/mol. The van der Waals surface area contributed by atoms with E-state index >= 15 is 0 Å². The molecule has 230 valence electrons. The van der Waals surface area contributed by atoms with Gasteiger partial charge in [-0.25, -0.2) is 4.79 Å². The van der Waals surface area contributed by atoms with Crippen molar-refractivity contribution in [3.05, 3.63) is 104 Å². The molecule has 1 aliphatic rings. The van der Waals surface area contributed by atoms with Crippen molar-refractivity contribution in [2.75, 3.05) is 7.11 Å². The van der Waals surface area contributed by atoms with Crippen molar-refractivity contribution in [2.24, 2.45) is 0 Å². The molecule has 1 fully saturated rings. The Morgan fingerprint density at radius 2 is 1.78 bits per heavy atom. The lowest BCUT2D eigenvalue weighted by atomic mass is 10.0. The average Bonchev–Trinajstić information content (AvgIpc) is 3.64. The Bertz CT molecular complexity index is 1970. The number of fused-ring (bicyclic) bond motifs is 1. The zero-order valence-corrected chi connectivity index (χ0v) is 27.1. The molecule has 5 aromatic rings. The van der Waals surface area contributed by atoms with Gasteiger partial charge < -0.3 is 23.7 Å². The number of hydrogen-bond donors (Lipinski definition) is 1. The Balaban J connectivity index is 1.28. The molecular formula is C35H29Cl3N2O5. The predicted molar refractivity (Wildman–Crippen MR) is 175 cm³/mol. The van der Waals surface area contributed by atoms with Crippen molar-refractivity contribution in [2.45, 2.75) is 51.4 Å². The maximum atomic E-state index is 12.4. The summed E-state index contributed by atoms with van der Waals surface area (Å²) >= 11 is 19.6. The highest BCUT2D eigenvalue weighted by molar-refractivity contribution is 6.39. The number of esters is 1. The standard InChI is InChI=1S/C35H29Cl3N2O5/c1-35(2,42)19-40-14-13-25-22(15-23(16-30(25)40)34(41)43-3)10-7-20-11-12-24(17-29(20)38)44-18-26-32(39-45-33(26)21-8-9-21)31-27(36)5-4-6-28(31)37/h4-6,11-17,21,42H,8-9,18-19H2,1-3H3. The number of rotatable bonds is 8. The van der Waals surface area contributed by atoms with Gasteiger partial charge in [-0.1, -0.05) is 57.9 Å². The van der Waals surface area contributed by atoms with Crippen LogP contribution >= 0.6 is 34.8 Å². The molecule has 7 nitrogen and oxygen atoms in total. The van der Waals surface area contributed by atoms with Gasteiger partial charge in [-0.3, -0.25) is 0 Å². The summed E-state index contributed by atoms with van der Waals surface area (Å²) in [6.07, 6.45) is 3.91. The maximum absolute atomic E-state index is 12.4. The van der Waals surface area contributed by atoms with Gasteiger partial charge in [-0.05, 0) is 69.2 Å². The molecule has 10 heteroatoms. The second-order valence-corrected chi connectivity index (χ2v) is 12.9. The Kier molecular flexibility index (Phi) is 8.60. The van der Waals surface area contributed by atoms with Crippen LogP contribution in [-0.4, -0.2) is 33.5 Å². The molecule has 6 rings (SSSR count). The van der Waals surface area contributed by atoms with Crippen LogP contribution in [0.25, 0.3) is 22.2 Å². The number of benzene rings is 3. The normalized spacial score (nSPS) is 13.0. The summed E-state index contributed by atoms with van der Waals surface area (Å²) in [7, 11) is 1.33. The fourth-order valence-corrected chi connectivity index (χ4v) is 6.01. The van der Waals surface area contributed by atoms with Crippen LogP contribution in [0.1, 0.15) is 65.4 Å². The summed E-state index contributed by atoms with van der Waals surface area (Å²) in [5.41, 5.74) is 3.37. The molecule has 1 aliphatic carbocycles. The topological polar surface area (TPSA) is 86.7 Å². The molecule has 0 spiro atoms. The molecule has 1 N–H and O–H groups in total. The number of ether oxygens (including phenoxy) is 2. The molecule has 0 bridgehead atoms. The SMILES string of the molecule is COC(=O)c1cc(C#Cc2ccc(OCc3c(-c4c(Cl)cccc4Cl)noc3C3CC3)cc2Cl)c2ccn(CC(C)(C)O)c2c1. The number of carbonyl (C=O) groups is 1. The van der Waals surface area contributed by atoms with Gasteiger partial charge >= 0.3 is 5.97 Å². The van der Waals surface area contributed by atoms with Crippen molar-refractivity contribution >= 4 is 51.7 Å². The van der Waals surface area contributed by atoms with Crippen LogP contribution in [0, 0.1) is 11.8 Å². The molecule has 3 aromatic carbocycles. The highest BCUT2D eigenvalue weighted by atomic mass is 35.5. The number of aromatic nitrogens is 2. The molecule has 0 unspecified atom stereocenters. The van der Waals surface area contributed by atoms with Crippen LogP contribution in [0.2, 0.25) is 15.1 Å². The van der Waals surface area contributed by atoms with Gasteiger partial charge in [0.15, 0.2) is 0 Å². The van der Waals surface area contributed by atoms with Crippen molar-refractivity contribution in [1.82, 2.24) is 9.72 Å². The van der Waals surface area contributed by atoms with Gasteiger partial charge in [0.25, 0.3) is 0 Å². The van der Waals surface area contributed by atoms with Crippen LogP contribution < -0.4 is 4.74 Å². The molecule has 45 heavy (non-hydrogen) atoms. The summed E-state index contributed by atoms with van der Waals surface area (Å²) < 4.78 is 18.8. The molecule has 0 aliphatic heterocycles. The summed E-state index contributed by atoms with van der Waals surface area (Å²) in [6.45, 7) is 3.98. The van der Waals surface area contributed by atoms with Gasteiger partial charge in [-0.15, -0.1) is 0 Å². The van der Waals surface area contributed by atoms with Crippen LogP contribution in [0.15, 0.2) is 65.3 Å². The Hall–Kier alpha value is -3.93. The lowest BCUT2D eigenvalue weighted by molar-refractivity contribution is 0.0600. The van der Waals surface area contributed by atoms with Gasteiger partial charge in [0.05, 0.1) is 51.0 Å². The van der Waals surface area contributed by atoms with Crippen molar-refractivity contribution in [3.63, 3.8) is 0 Å². The van der Waals surface area contributed by atoms with Gasteiger partial charge in [0, 0.05) is 40.3 Å². The molecule has 2 heterocycles. The summed E-state index contributed by atoms with van der Waals surface area (Å²) in [6, 6.07) is 15.9. The minimum atomic E-state index is -0.951. The Morgan fingerprint density at radius 3 is 2.44 bits per heavy atom. The number of nitrogens with zero attached hydrogens (tertiary/aromatic N) is 2. The molecule has 2 aromatic heterocycles. The van der Waals surface area contributed by atoms with E-state index in [0.717, 1.165) is 35.1 Å². The molecular weight excluding hydrogens is 635 g/mol. The highest BCUT2D eigenvalue weighted by Crippen LogP contribution is 2.46. The fraction of sp³-hybridized carbons (Fsp3) is 0.257. The first-order chi connectivity index (χ1) is 21.5. The largest absolute Gasteiger partial charge is 0.489 e. The average molecular weight is 664 g/mol. The van der Waals surface area contributed by atoms with Gasteiger partial charge in [0.1, 0.15) is 23.8 Å². The predicted octanol–water partition coefficient (Wildman–Crippen LogP) is 8.67. The molecule has 0 amide bonds. The third-order valence-electron chi connectivity index (χ3n) is 7.49. The van der Waals surface area contributed by atoms with E-state index in [4.69, 9.17) is 48.8 Å². The minimum Gasteiger partial charge on any atom is -0.489 e. The van der Waals surface area contributed by atoms with Gasteiger partial charge in [-0.2, -0.15) is 0 Å². The van der Waals surface area contributed by atoms with E-state index in [1.807, 2.05) is 16.8 Å². The van der Waals surface area contributed by atoms with E-state index in [1.165, 1.54) is 7.11 Å². The molecule has 1 saturated carbocycles. The van der Waals surface area contributed by atoms with Crippen molar-refractivity contribution < 1.29 is 23.9 Å². The van der Waals surface area contributed by atoms with E-state index < -0.39 is 11.6 Å². The van der Waals surface area contributed by atoms with Crippen LogP contribution in [0.3, 0.4) is 0 Å². The van der Waals surface area contributed by atoms with Crippen LogP contribution in [0.4, 0.5) is 0 Å². The number of hydrogen-bond acceptors (Lipinski definition) is 6. The minimum absolute atomic E-state index is 0.188. The second kappa shape index (κ2) is 12.5. The highest BCUT2D eigenvalue weighted by Gasteiger charge is 2.33. The van der Waals surface area contributed by atoms with Gasteiger partial charge in [0.2, 0.25) is 0 Å². The quantitative estimate of drug-likeness (QED) is 0.132.